The van der Waals surface area contributed by atoms with E-state index in [1.807, 2.05) is 35.2 Å². The molecule has 2 N–H and O–H groups in total. The zero-order valence-corrected chi connectivity index (χ0v) is 18.6. The summed E-state index contributed by atoms with van der Waals surface area (Å²) < 4.78 is 24.8. The van der Waals surface area contributed by atoms with Crippen LogP contribution in [0.15, 0.2) is 82.4 Å². The van der Waals surface area contributed by atoms with E-state index in [9.17, 15) is 19.1 Å². The van der Waals surface area contributed by atoms with Gasteiger partial charge in [-0.3, -0.25) is 9.59 Å². The maximum absolute atomic E-state index is 13.9. The molecular formula is C26H23FN2O5. The maximum atomic E-state index is 13.9. The van der Waals surface area contributed by atoms with E-state index in [1.165, 1.54) is 12.1 Å². The summed E-state index contributed by atoms with van der Waals surface area (Å²) in [5.74, 6) is -0.231. The van der Waals surface area contributed by atoms with Crippen LogP contribution in [-0.2, 0) is 4.74 Å². The van der Waals surface area contributed by atoms with Crippen LogP contribution in [-0.4, -0.2) is 25.9 Å². The number of hydrogen-bond acceptors (Lipinski definition) is 7. The minimum absolute atomic E-state index is 0.132. The summed E-state index contributed by atoms with van der Waals surface area (Å²) in [5, 5.41) is 12.5. The average Bonchev–Trinajstić information content (AvgIpc) is 2.87. The third-order valence-corrected chi connectivity index (χ3v) is 5.55. The molecule has 4 aromatic carbocycles. The summed E-state index contributed by atoms with van der Waals surface area (Å²) >= 11 is 0. The number of benzene rings is 3. The molecule has 0 aliphatic rings. The van der Waals surface area contributed by atoms with Gasteiger partial charge in [0.25, 0.3) is 10.9 Å². The molecule has 174 valence electrons. The number of halogens is 1. The lowest BCUT2D eigenvalue weighted by Crippen LogP contribution is -2.32. The number of hydrogen-bond donors (Lipinski definition) is 2. The fraction of sp³-hybridized carbons (Fsp3) is 0.154. The first kappa shape index (κ1) is 23.0. The Morgan fingerprint density at radius 2 is 1.68 bits per heavy atom. The van der Waals surface area contributed by atoms with E-state index in [-0.39, 0.29) is 11.5 Å². The quantitative estimate of drug-likeness (QED) is 0.356. The van der Waals surface area contributed by atoms with Crippen molar-refractivity contribution < 1.29 is 19.0 Å². The lowest BCUT2D eigenvalue weighted by molar-refractivity contribution is 0.110. The molecule has 0 saturated heterocycles. The molecule has 0 aromatic heterocycles. The van der Waals surface area contributed by atoms with Gasteiger partial charge in [0.15, 0.2) is 5.75 Å². The Morgan fingerprint density at radius 1 is 0.941 bits per heavy atom. The predicted octanol–water partition coefficient (Wildman–Crippen LogP) is 4.41. The molecule has 1 unspecified atom stereocenters. The minimum atomic E-state index is -0.906. The minimum Gasteiger partial charge on any atom is -0.502 e. The Kier molecular flexibility index (Phi) is 6.60. The second-order valence-corrected chi connectivity index (χ2v) is 7.65. The van der Waals surface area contributed by atoms with E-state index in [4.69, 9.17) is 9.47 Å². The molecule has 0 aliphatic carbocycles. The number of nitrogens with zero attached hydrogens (tertiary/aromatic N) is 1. The number of aromatic hydroxyl groups is 1. The third kappa shape index (κ3) is 4.62. The van der Waals surface area contributed by atoms with Crippen LogP contribution in [0.3, 0.4) is 0 Å². The molecule has 0 saturated carbocycles. The van der Waals surface area contributed by atoms with Crippen molar-refractivity contribution in [3.63, 3.8) is 0 Å². The van der Waals surface area contributed by atoms with Crippen LogP contribution in [0.2, 0.25) is 0 Å². The van der Waals surface area contributed by atoms with Gasteiger partial charge in [0.1, 0.15) is 23.4 Å². The van der Waals surface area contributed by atoms with Gasteiger partial charge >= 0.3 is 0 Å². The molecule has 4 rings (SSSR count). The highest BCUT2D eigenvalue weighted by Gasteiger charge is 2.22. The molecule has 0 heterocycles. The molecule has 8 heteroatoms. The number of methoxy groups -OCH3 is 2. The third-order valence-electron chi connectivity index (χ3n) is 5.55. The van der Waals surface area contributed by atoms with Crippen molar-refractivity contribution in [2.24, 2.45) is 0 Å². The van der Waals surface area contributed by atoms with Crippen LogP contribution < -0.4 is 25.8 Å². The van der Waals surface area contributed by atoms with E-state index in [2.05, 4.69) is 5.32 Å². The first-order chi connectivity index (χ1) is 16.4. The van der Waals surface area contributed by atoms with Gasteiger partial charge in [-0.05, 0) is 60.2 Å². The lowest BCUT2D eigenvalue weighted by atomic mass is 10.1. The molecule has 0 fully saturated rings. The molecule has 0 aliphatic heterocycles. The molecule has 0 radical (unpaired) electrons. The number of rotatable bonds is 9. The first-order valence-electron chi connectivity index (χ1n) is 10.5. The van der Waals surface area contributed by atoms with E-state index < -0.39 is 22.7 Å². The molecule has 4 aromatic rings. The lowest BCUT2D eigenvalue weighted by Gasteiger charge is -2.30. The number of anilines is 4. The van der Waals surface area contributed by atoms with Gasteiger partial charge in [-0.25, -0.2) is 4.39 Å². The Labute approximate surface area is 195 Å². The number of nitrogens with one attached hydrogen (secondary N) is 1. The van der Waals surface area contributed by atoms with Crippen LogP contribution in [0, 0.1) is 5.82 Å². The molecular weight excluding hydrogens is 439 g/mol. The Bertz CT molecular complexity index is 1360. The van der Waals surface area contributed by atoms with Gasteiger partial charge in [0.05, 0.1) is 13.7 Å². The molecule has 0 spiro atoms. The molecule has 34 heavy (non-hydrogen) atoms. The summed E-state index contributed by atoms with van der Waals surface area (Å²) in [6, 6.07) is 20.8. The van der Waals surface area contributed by atoms with Crippen molar-refractivity contribution in [1.82, 2.24) is 0 Å². The second kappa shape index (κ2) is 9.76. The summed E-state index contributed by atoms with van der Waals surface area (Å²) in [4.78, 5) is 25.1. The van der Waals surface area contributed by atoms with Crippen LogP contribution in [0.1, 0.15) is 11.7 Å². The van der Waals surface area contributed by atoms with Gasteiger partial charge in [0.2, 0.25) is 0 Å². The average molecular weight is 462 g/mol. The summed E-state index contributed by atoms with van der Waals surface area (Å²) in [5.41, 5.74) is 0.965. The van der Waals surface area contributed by atoms with Crippen molar-refractivity contribution in [2.45, 2.75) is 6.10 Å². The van der Waals surface area contributed by atoms with Crippen LogP contribution >= 0.6 is 0 Å². The Balaban J connectivity index is 1.70. The topological polar surface area (TPSA) is 88.1 Å². The van der Waals surface area contributed by atoms with E-state index in [0.717, 1.165) is 11.4 Å². The van der Waals surface area contributed by atoms with Gasteiger partial charge < -0.3 is 24.8 Å². The standard InChI is InChI=1S/C26H23FN2O5/c1-33-21-11-9-19(10-12-21)29(15-22(34-2)16-5-3-6-17(27)13-16)20-8-4-7-18(14-20)28-23-24(30)26(32)25(23)31/h3-14,22,28,30H,15H2,1-2H3. The van der Waals surface area contributed by atoms with Gasteiger partial charge in [0, 0.05) is 24.2 Å². The zero-order valence-electron chi connectivity index (χ0n) is 18.6. The maximum Gasteiger partial charge on any atom is 0.271 e. The molecule has 0 bridgehead atoms. The van der Waals surface area contributed by atoms with Crippen LogP contribution in [0.25, 0.3) is 0 Å². The summed E-state index contributed by atoms with van der Waals surface area (Å²) in [6.07, 6.45) is -0.452. The Morgan fingerprint density at radius 3 is 2.32 bits per heavy atom. The molecule has 1 atom stereocenters. The molecule has 0 amide bonds. The van der Waals surface area contributed by atoms with Crippen molar-refractivity contribution in [1.29, 1.82) is 0 Å². The van der Waals surface area contributed by atoms with E-state index in [0.29, 0.717) is 23.5 Å². The highest BCUT2D eigenvalue weighted by Crippen LogP contribution is 2.33. The van der Waals surface area contributed by atoms with E-state index in [1.54, 1.807) is 44.6 Å². The van der Waals surface area contributed by atoms with E-state index >= 15 is 0 Å². The largest absolute Gasteiger partial charge is 0.502 e. The van der Waals surface area contributed by atoms with Gasteiger partial charge in [-0.1, -0.05) is 18.2 Å². The summed E-state index contributed by atoms with van der Waals surface area (Å²) in [6.45, 7) is 0.348. The SMILES string of the molecule is COc1ccc(N(CC(OC)c2cccc(F)c2)c2cccc(Nc3c(O)c(=O)c3=O)c2)cc1. The highest BCUT2D eigenvalue weighted by atomic mass is 19.1. The van der Waals surface area contributed by atoms with Crippen molar-refractivity contribution >= 4 is 22.7 Å². The normalized spacial score (nSPS) is 11.9. The van der Waals surface area contributed by atoms with Crippen molar-refractivity contribution in [3.05, 3.63) is 105 Å². The van der Waals surface area contributed by atoms with Crippen molar-refractivity contribution in [2.75, 3.05) is 31.0 Å². The predicted molar refractivity (Wildman–Crippen MR) is 129 cm³/mol. The fourth-order valence-corrected chi connectivity index (χ4v) is 3.70. The zero-order chi connectivity index (χ0) is 24.2. The smallest absolute Gasteiger partial charge is 0.271 e. The second-order valence-electron chi connectivity index (χ2n) is 7.65. The van der Waals surface area contributed by atoms with Crippen LogP contribution in [0.5, 0.6) is 11.5 Å². The van der Waals surface area contributed by atoms with Crippen LogP contribution in [0.4, 0.5) is 27.1 Å². The molecule has 7 nitrogen and oxygen atoms in total. The van der Waals surface area contributed by atoms with Gasteiger partial charge in [-0.2, -0.15) is 0 Å². The van der Waals surface area contributed by atoms with Gasteiger partial charge in [-0.15, -0.1) is 0 Å². The Hall–Kier alpha value is -4.17. The number of ether oxygens (including phenoxy) is 2. The highest BCUT2D eigenvalue weighted by molar-refractivity contribution is 5.74. The first-order valence-corrected chi connectivity index (χ1v) is 10.5. The van der Waals surface area contributed by atoms with Crippen molar-refractivity contribution in [3.8, 4) is 11.5 Å². The summed E-state index contributed by atoms with van der Waals surface area (Å²) in [7, 11) is 3.15. The monoisotopic (exact) mass is 462 g/mol. The fourth-order valence-electron chi connectivity index (χ4n) is 3.70.